The lowest BCUT2D eigenvalue weighted by molar-refractivity contribution is 0.281. The second-order valence-electron chi connectivity index (χ2n) is 2.02. The molecule has 0 aromatic heterocycles. The smallest absolute Gasteiger partial charge is 0.142 e. The maximum absolute atomic E-state index is 12.7. The van der Waals surface area contributed by atoms with Crippen LogP contribution < -0.4 is 0 Å². The number of hydrogen-bond donors (Lipinski definition) is 1. The van der Waals surface area contributed by atoms with E-state index in [9.17, 15) is 4.39 Å². The first-order valence-corrected chi connectivity index (χ1v) is 4.06. The lowest BCUT2D eigenvalue weighted by Gasteiger charge is -2.01. The number of benzene rings is 1. The van der Waals surface area contributed by atoms with Gasteiger partial charge in [0.25, 0.3) is 0 Å². The highest BCUT2D eigenvalue weighted by Gasteiger charge is 2.04. The molecule has 0 atom stereocenters. The third kappa shape index (κ3) is 1.92. The largest absolute Gasteiger partial charge is 0.392 e. The van der Waals surface area contributed by atoms with Crippen LogP contribution in [0.1, 0.15) is 5.56 Å². The molecule has 1 nitrogen and oxygen atoms in total. The molecule has 4 heteroatoms. The maximum Gasteiger partial charge on any atom is 0.142 e. The molecule has 60 valence electrons. The number of aliphatic hydroxyl groups excluding tert-OH is 1. The molecule has 1 aromatic carbocycles. The predicted octanol–water partition coefficient (Wildman–Crippen LogP) is 2.73. The number of halogens is 3. The topological polar surface area (TPSA) is 20.2 Å². The fraction of sp³-hybridized carbons (Fsp3) is 0.143. The molecule has 1 rings (SSSR count). The Bertz CT molecular complexity index is 277. The van der Waals surface area contributed by atoms with E-state index in [1.54, 1.807) is 0 Å². The molecule has 0 spiro atoms. The maximum atomic E-state index is 12.7. The van der Waals surface area contributed by atoms with E-state index in [1.165, 1.54) is 12.1 Å². The van der Waals surface area contributed by atoms with Crippen molar-refractivity contribution in [1.82, 2.24) is 0 Å². The zero-order valence-electron chi connectivity index (χ0n) is 5.44. The molecule has 0 fully saturated rings. The molecular formula is C7H5BrClFO. The molecule has 1 N–H and O–H groups in total. The van der Waals surface area contributed by atoms with Gasteiger partial charge in [0, 0.05) is 4.47 Å². The second kappa shape index (κ2) is 3.52. The molecule has 0 heterocycles. The Morgan fingerprint density at radius 2 is 2.18 bits per heavy atom. The van der Waals surface area contributed by atoms with Crippen molar-refractivity contribution in [2.24, 2.45) is 0 Å². The van der Waals surface area contributed by atoms with Gasteiger partial charge in [0.1, 0.15) is 5.82 Å². The zero-order chi connectivity index (χ0) is 8.43. The van der Waals surface area contributed by atoms with Crippen LogP contribution in [0.2, 0.25) is 5.02 Å². The Hall–Kier alpha value is -0.120. The average molecular weight is 239 g/mol. The minimum absolute atomic E-state index is 0.0252. The highest BCUT2D eigenvalue weighted by Crippen LogP contribution is 2.24. The molecule has 0 bridgehead atoms. The third-order valence-corrected chi connectivity index (χ3v) is 2.29. The summed E-state index contributed by atoms with van der Waals surface area (Å²) in [6.07, 6.45) is 0. The monoisotopic (exact) mass is 238 g/mol. The first-order chi connectivity index (χ1) is 5.15. The fourth-order valence-electron chi connectivity index (χ4n) is 0.685. The van der Waals surface area contributed by atoms with E-state index in [0.717, 1.165) is 0 Å². The van der Waals surface area contributed by atoms with Gasteiger partial charge in [-0.25, -0.2) is 4.39 Å². The highest BCUT2D eigenvalue weighted by atomic mass is 79.9. The van der Waals surface area contributed by atoms with Gasteiger partial charge in [-0.15, -0.1) is 0 Å². The summed E-state index contributed by atoms with van der Waals surface area (Å²) < 4.78 is 13.2. The van der Waals surface area contributed by atoms with Crippen LogP contribution in [0, 0.1) is 5.82 Å². The Balaban J connectivity index is 3.21. The molecule has 0 amide bonds. The van der Waals surface area contributed by atoms with Gasteiger partial charge in [-0.05, 0) is 17.7 Å². The average Bonchev–Trinajstić information content (AvgIpc) is 1.97. The van der Waals surface area contributed by atoms with Crippen LogP contribution >= 0.6 is 27.5 Å². The van der Waals surface area contributed by atoms with E-state index in [-0.39, 0.29) is 11.6 Å². The zero-order valence-corrected chi connectivity index (χ0v) is 7.78. The number of rotatable bonds is 1. The Morgan fingerprint density at radius 1 is 1.55 bits per heavy atom. The predicted molar refractivity (Wildman–Crippen MR) is 45.0 cm³/mol. The van der Waals surface area contributed by atoms with Crippen molar-refractivity contribution in [1.29, 1.82) is 0 Å². The van der Waals surface area contributed by atoms with Gasteiger partial charge in [0.05, 0.1) is 11.6 Å². The Kier molecular flexibility index (Phi) is 2.87. The van der Waals surface area contributed by atoms with Crippen LogP contribution in [-0.4, -0.2) is 5.11 Å². The van der Waals surface area contributed by atoms with Crippen LogP contribution in [-0.2, 0) is 6.61 Å². The number of aliphatic hydroxyl groups is 1. The van der Waals surface area contributed by atoms with Crippen molar-refractivity contribution in [2.45, 2.75) is 6.61 Å². The normalized spacial score (nSPS) is 10.2. The van der Waals surface area contributed by atoms with E-state index in [1.807, 2.05) is 0 Å². The van der Waals surface area contributed by atoms with E-state index in [0.29, 0.717) is 10.0 Å². The van der Waals surface area contributed by atoms with Crippen LogP contribution in [0.4, 0.5) is 4.39 Å². The van der Waals surface area contributed by atoms with E-state index < -0.39 is 5.82 Å². The van der Waals surface area contributed by atoms with Crippen molar-refractivity contribution in [3.8, 4) is 0 Å². The van der Waals surface area contributed by atoms with Crippen molar-refractivity contribution in [2.75, 3.05) is 0 Å². The summed E-state index contributed by atoms with van der Waals surface area (Å²) in [6, 6.07) is 2.62. The molecule has 0 saturated carbocycles. The molecule has 1 aromatic rings. The molecular weight excluding hydrogens is 234 g/mol. The summed E-state index contributed by atoms with van der Waals surface area (Å²) in [7, 11) is 0. The van der Waals surface area contributed by atoms with E-state index in [4.69, 9.17) is 16.7 Å². The highest BCUT2D eigenvalue weighted by molar-refractivity contribution is 9.10. The van der Waals surface area contributed by atoms with Crippen LogP contribution in [0.25, 0.3) is 0 Å². The summed E-state index contributed by atoms with van der Waals surface area (Å²) in [5.41, 5.74) is 0.580. The van der Waals surface area contributed by atoms with Gasteiger partial charge < -0.3 is 5.11 Å². The van der Waals surface area contributed by atoms with Crippen molar-refractivity contribution in [3.05, 3.63) is 33.0 Å². The quantitative estimate of drug-likeness (QED) is 0.747. The minimum atomic E-state index is -0.490. The Labute approximate surface area is 76.9 Å². The van der Waals surface area contributed by atoms with Gasteiger partial charge in [-0.2, -0.15) is 0 Å². The lowest BCUT2D eigenvalue weighted by atomic mass is 10.2. The molecule has 0 aliphatic rings. The summed E-state index contributed by atoms with van der Waals surface area (Å²) in [4.78, 5) is 0. The summed E-state index contributed by atoms with van der Waals surface area (Å²) in [6.45, 7) is -0.152. The minimum Gasteiger partial charge on any atom is -0.392 e. The third-order valence-electron chi connectivity index (χ3n) is 1.26. The van der Waals surface area contributed by atoms with Gasteiger partial charge in [0.2, 0.25) is 0 Å². The molecule has 0 saturated heterocycles. The van der Waals surface area contributed by atoms with Crippen molar-refractivity contribution < 1.29 is 9.50 Å². The van der Waals surface area contributed by atoms with Gasteiger partial charge >= 0.3 is 0 Å². The summed E-state index contributed by atoms with van der Waals surface area (Å²) >= 11 is 8.54. The summed E-state index contributed by atoms with van der Waals surface area (Å²) in [5, 5.41) is 8.75. The van der Waals surface area contributed by atoms with Crippen LogP contribution in [0.3, 0.4) is 0 Å². The SMILES string of the molecule is OCc1cc(Cl)c(F)cc1Br. The van der Waals surface area contributed by atoms with Crippen LogP contribution in [0.15, 0.2) is 16.6 Å². The molecule has 0 unspecified atom stereocenters. The molecule has 11 heavy (non-hydrogen) atoms. The Morgan fingerprint density at radius 3 is 2.73 bits per heavy atom. The second-order valence-corrected chi connectivity index (χ2v) is 3.28. The fourth-order valence-corrected chi connectivity index (χ4v) is 1.31. The van der Waals surface area contributed by atoms with Crippen molar-refractivity contribution in [3.63, 3.8) is 0 Å². The lowest BCUT2D eigenvalue weighted by Crippen LogP contribution is -1.87. The van der Waals surface area contributed by atoms with Crippen LogP contribution in [0.5, 0.6) is 0 Å². The molecule has 0 radical (unpaired) electrons. The van der Waals surface area contributed by atoms with E-state index >= 15 is 0 Å². The van der Waals surface area contributed by atoms with Gasteiger partial charge in [0.15, 0.2) is 0 Å². The summed E-state index contributed by atoms with van der Waals surface area (Å²) in [5.74, 6) is -0.490. The molecule has 0 aliphatic carbocycles. The van der Waals surface area contributed by atoms with Crippen molar-refractivity contribution >= 4 is 27.5 Å². The first-order valence-electron chi connectivity index (χ1n) is 2.89. The standard InChI is InChI=1S/C7H5BrClFO/c8-5-2-7(10)6(9)1-4(5)3-11/h1-2,11H,3H2. The first kappa shape index (κ1) is 8.97. The van der Waals surface area contributed by atoms with E-state index in [2.05, 4.69) is 15.9 Å². The van der Waals surface area contributed by atoms with Gasteiger partial charge in [-0.1, -0.05) is 27.5 Å². The molecule has 0 aliphatic heterocycles. The number of hydrogen-bond acceptors (Lipinski definition) is 1. The van der Waals surface area contributed by atoms with Gasteiger partial charge in [-0.3, -0.25) is 0 Å².